The molecule has 0 saturated heterocycles. The van der Waals surface area contributed by atoms with Crippen LogP contribution in [0.2, 0.25) is 5.02 Å². The fraction of sp³-hybridized carbons (Fsp3) is 0.471. The first kappa shape index (κ1) is 15.4. The van der Waals surface area contributed by atoms with E-state index >= 15 is 0 Å². The highest BCUT2D eigenvalue weighted by Gasteiger charge is 2.29. The number of benzene rings is 1. The monoisotopic (exact) mass is 346 g/mol. The minimum Gasteiger partial charge on any atom is -0.492 e. The molecule has 1 aromatic carbocycles. The number of carbonyl (C=O) groups is 1. The highest BCUT2D eigenvalue weighted by atomic mass is 35.5. The minimum absolute atomic E-state index is 0.0657. The van der Waals surface area contributed by atoms with Crippen LogP contribution in [0.1, 0.15) is 23.6 Å². The molecule has 7 heteroatoms. The fourth-order valence-electron chi connectivity index (χ4n) is 3.45. The number of ether oxygens (including phenoxy) is 1. The van der Waals surface area contributed by atoms with Crippen molar-refractivity contribution >= 4 is 17.5 Å². The average Bonchev–Trinajstić information content (AvgIpc) is 3.18. The molecule has 0 bridgehead atoms. The van der Waals surface area contributed by atoms with Crippen LogP contribution in [-0.2, 0) is 30.7 Å². The Balaban J connectivity index is 1.45. The molecule has 1 aromatic heterocycles. The lowest BCUT2D eigenvalue weighted by Gasteiger charge is -2.28. The van der Waals surface area contributed by atoms with Crippen LogP contribution in [0.4, 0.5) is 0 Å². The van der Waals surface area contributed by atoms with Crippen molar-refractivity contribution < 1.29 is 9.53 Å². The van der Waals surface area contributed by atoms with Crippen LogP contribution in [0.15, 0.2) is 18.2 Å². The Morgan fingerprint density at radius 3 is 3.21 bits per heavy atom. The van der Waals surface area contributed by atoms with Crippen LogP contribution in [0.25, 0.3) is 0 Å². The van der Waals surface area contributed by atoms with Crippen LogP contribution in [0.5, 0.6) is 5.75 Å². The Morgan fingerprint density at radius 1 is 1.46 bits per heavy atom. The third kappa shape index (κ3) is 2.75. The van der Waals surface area contributed by atoms with Crippen molar-refractivity contribution in [2.45, 2.75) is 32.4 Å². The van der Waals surface area contributed by atoms with E-state index in [0.29, 0.717) is 24.6 Å². The van der Waals surface area contributed by atoms with E-state index in [1.54, 1.807) is 11.0 Å². The largest absolute Gasteiger partial charge is 0.492 e. The molecule has 0 fully saturated rings. The summed E-state index contributed by atoms with van der Waals surface area (Å²) in [6, 6.07) is 5.55. The Hall–Kier alpha value is -2.08. The van der Waals surface area contributed by atoms with Crippen LogP contribution in [0.3, 0.4) is 0 Å². The average molecular weight is 347 g/mol. The maximum absolute atomic E-state index is 12.8. The molecule has 0 spiro atoms. The van der Waals surface area contributed by atoms with Gasteiger partial charge in [0.05, 0.1) is 12.5 Å². The summed E-state index contributed by atoms with van der Waals surface area (Å²) in [4.78, 5) is 14.5. The molecule has 126 valence electrons. The number of nitrogens with zero attached hydrogens (tertiary/aromatic N) is 4. The Kier molecular flexibility index (Phi) is 3.92. The number of amides is 1. The number of rotatable bonds is 3. The molecule has 1 atom stereocenters. The molecule has 2 aromatic rings. The molecular weight excluding hydrogens is 328 g/mol. The quantitative estimate of drug-likeness (QED) is 0.853. The van der Waals surface area contributed by atoms with Gasteiger partial charge in [-0.2, -0.15) is 0 Å². The zero-order valence-electron chi connectivity index (χ0n) is 13.5. The van der Waals surface area contributed by atoms with Gasteiger partial charge in [0.1, 0.15) is 18.2 Å². The lowest BCUT2D eigenvalue weighted by molar-refractivity contribution is -0.136. The van der Waals surface area contributed by atoms with Crippen molar-refractivity contribution in [3.05, 3.63) is 40.4 Å². The molecule has 0 radical (unpaired) electrons. The Morgan fingerprint density at radius 2 is 2.33 bits per heavy atom. The van der Waals surface area contributed by atoms with Crippen molar-refractivity contribution in [3.63, 3.8) is 0 Å². The number of halogens is 1. The van der Waals surface area contributed by atoms with Gasteiger partial charge in [-0.1, -0.05) is 11.6 Å². The summed E-state index contributed by atoms with van der Waals surface area (Å²) in [7, 11) is 1.81. The second-order valence-electron chi connectivity index (χ2n) is 6.45. The van der Waals surface area contributed by atoms with Crippen molar-refractivity contribution in [3.8, 4) is 5.75 Å². The normalized spacial score (nSPS) is 18.7. The number of hydrogen-bond donors (Lipinski definition) is 0. The number of aryl methyl sites for hydroxylation is 1. The molecule has 6 nitrogen and oxygen atoms in total. The van der Waals surface area contributed by atoms with Crippen molar-refractivity contribution in [1.29, 1.82) is 0 Å². The van der Waals surface area contributed by atoms with E-state index in [4.69, 9.17) is 16.3 Å². The van der Waals surface area contributed by atoms with Gasteiger partial charge in [-0.15, -0.1) is 10.2 Å². The molecule has 1 amide bonds. The fourth-order valence-corrected chi connectivity index (χ4v) is 3.65. The molecule has 2 aliphatic rings. The van der Waals surface area contributed by atoms with E-state index in [0.717, 1.165) is 42.3 Å². The third-order valence-corrected chi connectivity index (χ3v) is 4.95. The summed E-state index contributed by atoms with van der Waals surface area (Å²) in [5, 5.41) is 9.08. The third-order valence-electron chi connectivity index (χ3n) is 4.72. The number of aromatic nitrogens is 3. The molecule has 1 unspecified atom stereocenters. The Bertz CT molecular complexity index is 789. The maximum atomic E-state index is 12.8. The minimum atomic E-state index is -0.193. The van der Waals surface area contributed by atoms with Gasteiger partial charge in [-0.3, -0.25) is 4.79 Å². The van der Waals surface area contributed by atoms with E-state index in [1.165, 1.54) is 0 Å². The molecule has 0 N–H and O–H groups in total. The number of hydrogen-bond acceptors (Lipinski definition) is 4. The zero-order valence-corrected chi connectivity index (χ0v) is 14.3. The molecule has 0 saturated carbocycles. The highest BCUT2D eigenvalue weighted by molar-refractivity contribution is 6.30. The van der Waals surface area contributed by atoms with E-state index in [2.05, 4.69) is 14.8 Å². The van der Waals surface area contributed by atoms with Crippen molar-refractivity contribution in [2.24, 2.45) is 5.92 Å². The number of carbonyl (C=O) groups excluding carboxylic acids is 1. The van der Waals surface area contributed by atoms with Gasteiger partial charge in [-0.05, 0) is 36.6 Å². The van der Waals surface area contributed by atoms with Gasteiger partial charge in [0.15, 0.2) is 5.82 Å². The van der Waals surface area contributed by atoms with Crippen molar-refractivity contribution in [1.82, 2.24) is 19.7 Å². The van der Waals surface area contributed by atoms with Crippen LogP contribution in [0, 0.1) is 5.92 Å². The van der Waals surface area contributed by atoms with Gasteiger partial charge in [-0.25, -0.2) is 0 Å². The van der Waals surface area contributed by atoms with Crippen LogP contribution >= 0.6 is 11.6 Å². The topological polar surface area (TPSA) is 60.2 Å². The second-order valence-corrected chi connectivity index (χ2v) is 6.88. The van der Waals surface area contributed by atoms with E-state index in [1.807, 2.05) is 19.2 Å². The van der Waals surface area contributed by atoms with E-state index in [9.17, 15) is 4.79 Å². The molecule has 3 heterocycles. The smallest absolute Gasteiger partial charge is 0.229 e. The van der Waals surface area contributed by atoms with Gasteiger partial charge in [0.2, 0.25) is 5.91 Å². The first-order valence-electron chi connectivity index (χ1n) is 8.19. The van der Waals surface area contributed by atoms with Gasteiger partial charge >= 0.3 is 0 Å². The maximum Gasteiger partial charge on any atom is 0.229 e. The van der Waals surface area contributed by atoms with E-state index in [-0.39, 0.29) is 11.8 Å². The van der Waals surface area contributed by atoms with Crippen LogP contribution in [-0.4, -0.2) is 39.2 Å². The highest BCUT2D eigenvalue weighted by Crippen LogP contribution is 2.30. The number of fused-ring (bicyclic) bond motifs is 2. The molecular formula is C17H19ClN4O2. The molecule has 24 heavy (non-hydrogen) atoms. The van der Waals surface area contributed by atoms with Gasteiger partial charge < -0.3 is 14.2 Å². The summed E-state index contributed by atoms with van der Waals surface area (Å²) in [6.07, 6.45) is 2.72. The second kappa shape index (κ2) is 6.09. The van der Waals surface area contributed by atoms with E-state index < -0.39 is 0 Å². The van der Waals surface area contributed by atoms with Crippen LogP contribution < -0.4 is 4.74 Å². The first-order chi connectivity index (χ1) is 11.6. The lowest BCUT2D eigenvalue weighted by atomic mass is 9.95. The predicted octanol–water partition coefficient (Wildman–Crippen LogP) is 2.09. The van der Waals surface area contributed by atoms with Gasteiger partial charge in [0.25, 0.3) is 0 Å². The zero-order chi connectivity index (χ0) is 16.7. The molecule has 4 rings (SSSR count). The first-order valence-corrected chi connectivity index (χ1v) is 8.57. The summed E-state index contributed by atoms with van der Waals surface area (Å²) < 4.78 is 7.85. The Labute approximate surface area is 145 Å². The molecule has 2 aliphatic heterocycles. The lowest BCUT2D eigenvalue weighted by Crippen LogP contribution is -2.38. The summed E-state index contributed by atoms with van der Waals surface area (Å²) >= 11 is 6.05. The van der Waals surface area contributed by atoms with Crippen molar-refractivity contribution in [2.75, 3.05) is 13.7 Å². The van der Waals surface area contributed by atoms with Gasteiger partial charge in [0, 0.05) is 25.0 Å². The standard InChI is InChI=1S/C17H19ClN4O2/c1-21(9-16-20-19-15-3-2-6-22(15)16)17(23)12-7-11-8-13(18)4-5-14(11)24-10-12/h4-5,8,12H,2-3,6-7,9-10H2,1H3. The summed E-state index contributed by atoms with van der Waals surface area (Å²) in [6.45, 7) is 1.82. The predicted molar refractivity (Wildman–Crippen MR) is 89.0 cm³/mol. The molecule has 0 aliphatic carbocycles. The summed E-state index contributed by atoms with van der Waals surface area (Å²) in [5.74, 6) is 2.58. The summed E-state index contributed by atoms with van der Waals surface area (Å²) in [5.41, 5.74) is 0.990. The SMILES string of the molecule is CN(Cc1nnc2n1CCC2)C(=O)C1COc2ccc(Cl)cc2C1.